The molecule has 0 atom stereocenters. The van der Waals surface area contributed by atoms with Gasteiger partial charge in [0.1, 0.15) is 5.82 Å². The van der Waals surface area contributed by atoms with Gasteiger partial charge in [0, 0.05) is 45.2 Å². The van der Waals surface area contributed by atoms with Crippen LogP contribution in [0.2, 0.25) is 0 Å². The Kier molecular flexibility index (Phi) is 5.62. The molecule has 2 fully saturated rings. The van der Waals surface area contributed by atoms with Crippen molar-refractivity contribution in [2.24, 2.45) is 5.92 Å². The lowest BCUT2D eigenvalue weighted by Crippen LogP contribution is -2.52. The van der Waals surface area contributed by atoms with Gasteiger partial charge in [0.2, 0.25) is 5.91 Å². The van der Waals surface area contributed by atoms with E-state index in [-0.39, 0.29) is 23.5 Å². The summed E-state index contributed by atoms with van der Waals surface area (Å²) in [7, 11) is 0. The van der Waals surface area contributed by atoms with Gasteiger partial charge in [-0.25, -0.2) is 4.39 Å². The second kappa shape index (κ2) is 8.31. The molecule has 1 aromatic carbocycles. The zero-order valence-corrected chi connectivity index (χ0v) is 16.5. The number of hydrogen-bond acceptors (Lipinski definition) is 4. The predicted octanol–water partition coefficient (Wildman–Crippen LogP) is 3.09. The average Bonchev–Trinajstić information content (AvgIpc) is 3.28. The number of benzene rings is 1. The molecule has 28 heavy (non-hydrogen) atoms. The lowest BCUT2D eigenvalue weighted by molar-refractivity contribution is -0.137. The molecule has 7 heteroatoms. The Morgan fingerprint density at radius 3 is 2.25 bits per heavy atom. The highest BCUT2D eigenvalue weighted by molar-refractivity contribution is 7.12. The van der Waals surface area contributed by atoms with Gasteiger partial charge in [0.25, 0.3) is 5.91 Å². The summed E-state index contributed by atoms with van der Waals surface area (Å²) in [6, 6.07) is 10.5. The van der Waals surface area contributed by atoms with E-state index in [4.69, 9.17) is 0 Å². The first kappa shape index (κ1) is 18.9. The third-order valence-electron chi connectivity index (χ3n) is 5.65. The fourth-order valence-electron chi connectivity index (χ4n) is 4.02. The number of nitrogens with zero attached hydrogens (tertiary/aromatic N) is 3. The summed E-state index contributed by atoms with van der Waals surface area (Å²) in [5, 5.41) is 1.91. The van der Waals surface area contributed by atoms with Crippen LogP contribution in [-0.4, -0.2) is 60.9 Å². The maximum absolute atomic E-state index is 14.0. The molecule has 2 aromatic rings. The molecular formula is C21H24FN3O2S. The molecule has 1 aromatic heterocycles. The molecule has 0 bridgehead atoms. The SMILES string of the molecule is O=C(c1cccs1)N1CCC(C(=O)N2CCN(c3ccccc3F)CC2)CC1. The molecule has 5 nitrogen and oxygen atoms in total. The number of halogens is 1. The van der Waals surface area contributed by atoms with Crippen LogP contribution in [0.15, 0.2) is 41.8 Å². The summed E-state index contributed by atoms with van der Waals surface area (Å²) in [5.74, 6) is 0.00765. The van der Waals surface area contributed by atoms with Gasteiger partial charge in [-0.3, -0.25) is 9.59 Å². The van der Waals surface area contributed by atoms with Crippen LogP contribution in [0.3, 0.4) is 0 Å². The van der Waals surface area contributed by atoms with Crippen molar-refractivity contribution in [2.45, 2.75) is 12.8 Å². The standard InChI is InChI=1S/C21H24FN3O2S/c22-17-4-1-2-5-18(17)23-11-13-25(14-12-23)20(26)16-7-9-24(10-8-16)21(27)19-6-3-15-28-19/h1-6,15-16H,7-14H2. The maximum atomic E-state index is 14.0. The summed E-state index contributed by atoms with van der Waals surface area (Å²) in [4.78, 5) is 31.9. The molecule has 0 spiro atoms. The minimum atomic E-state index is -0.218. The Morgan fingerprint density at radius 2 is 1.61 bits per heavy atom. The number of thiophene rings is 1. The van der Waals surface area contributed by atoms with Crippen molar-refractivity contribution in [3.63, 3.8) is 0 Å². The van der Waals surface area contributed by atoms with Gasteiger partial charge in [0.05, 0.1) is 10.6 Å². The van der Waals surface area contributed by atoms with E-state index in [1.54, 1.807) is 12.1 Å². The molecule has 0 aliphatic carbocycles. The summed E-state index contributed by atoms with van der Waals surface area (Å²) >= 11 is 1.46. The number of carbonyl (C=O) groups excluding carboxylic acids is 2. The quantitative estimate of drug-likeness (QED) is 0.794. The summed E-state index contributed by atoms with van der Waals surface area (Å²) in [6.45, 7) is 3.76. The number of likely N-dealkylation sites (tertiary alicyclic amines) is 1. The number of hydrogen-bond donors (Lipinski definition) is 0. The first-order valence-corrected chi connectivity index (χ1v) is 10.6. The van der Waals surface area contributed by atoms with E-state index in [9.17, 15) is 14.0 Å². The zero-order chi connectivity index (χ0) is 19.5. The molecule has 2 aliphatic rings. The monoisotopic (exact) mass is 401 g/mol. The largest absolute Gasteiger partial charge is 0.366 e. The van der Waals surface area contributed by atoms with E-state index >= 15 is 0 Å². The van der Waals surface area contributed by atoms with E-state index in [0.717, 1.165) is 4.88 Å². The molecule has 148 valence electrons. The highest BCUT2D eigenvalue weighted by Gasteiger charge is 2.32. The van der Waals surface area contributed by atoms with Crippen LogP contribution in [0.5, 0.6) is 0 Å². The number of amides is 2. The van der Waals surface area contributed by atoms with Crippen molar-refractivity contribution in [3.8, 4) is 0 Å². The van der Waals surface area contributed by atoms with E-state index in [0.29, 0.717) is 57.8 Å². The molecule has 3 heterocycles. The molecule has 4 rings (SSSR count). The highest BCUT2D eigenvalue weighted by atomic mass is 32.1. The first-order chi connectivity index (χ1) is 13.6. The third kappa shape index (κ3) is 3.90. The van der Waals surface area contributed by atoms with Crippen molar-refractivity contribution in [3.05, 3.63) is 52.5 Å². The Labute approximate surface area is 168 Å². The van der Waals surface area contributed by atoms with Crippen LogP contribution in [0.4, 0.5) is 10.1 Å². The fourth-order valence-corrected chi connectivity index (χ4v) is 4.71. The lowest BCUT2D eigenvalue weighted by atomic mass is 9.94. The van der Waals surface area contributed by atoms with Crippen LogP contribution in [0, 0.1) is 11.7 Å². The number of piperidine rings is 1. The van der Waals surface area contributed by atoms with Crippen molar-refractivity contribution in [1.82, 2.24) is 9.80 Å². The van der Waals surface area contributed by atoms with E-state index in [1.807, 2.05) is 38.3 Å². The van der Waals surface area contributed by atoms with Gasteiger partial charge in [0.15, 0.2) is 0 Å². The lowest BCUT2D eigenvalue weighted by Gasteiger charge is -2.39. The normalized spacial score (nSPS) is 18.4. The van der Waals surface area contributed by atoms with Crippen LogP contribution < -0.4 is 4.90 Å². The van der Waals surface area contributed by atoms with E-state index in [1.165, 1.54) is 17.4 Å². The van der Waals surface area contributed by atoms with Gasteiger partial charge in [-0.15, -0.1) is 11.3 Å². The van der Waals surface area contributed by atoms with Crippen molar-refractivity contribution in [2.75, 3.05) is 44.2 Å². The van der Waals surface area contributed by atoms with Crippen LogP contribution in [-0.2, 0) is 4.79 Å². The second-order valence-corrected chi connectivity index (χ2v) is 8.26. The second-order valence-electron chi connectivity index (χ2n) is 7.31. The Bertz CT molecular complexity index is 826. The molecular weight excluding hydrogens is 377 g/mol. The Morgan fingerprint density at radius 1 is 0.893 bits per heavy atom. The molecule has 2 amide bonds. The molecule has 0 N–H and O–H groups in total. The van der Waals surface area contributed by atoms with Crippen molar-refractivity contribution in [1.29, 1.82) is 0 Å². The molecule has 2 saturated heterocycles. The Balaban J connectivity index is 1.28. The van der Waals surface area contributed by atoms with Gasteiger partial charge < -0.3 is 14.7 Å². The summed E-state index contributed by atoms with van der Waals surface area (Å²) in [5.41, 5.74) is 0.606. The number of rotatable bonds is 3. The van der Waals surface area contributed by atoms with Gasteiger partial charge in [-0.05, 0) is 36.4 Å². The molecule has 0 radical (unpaired) electrons. The molecule has 0 saturated carbocycles. The average molecular weight is 402 g/mol. The van der Waals surface area contributed by atoms with E-state index < -0.39 is 0 Å². The van der Waals surface area contributed by atoms with Crippen LogP contribution in [0.25, 0.3) is 0 Å². The van der Waals surface area contributed by atoms with Gasteiger partial charge in [-0.2, -0.15) is 0 Å². The topological polar surface area (TPSA) is 43.9 Å². The number of carbonyl (C=O) groups is 2. The maximum Gasteiger partial charge on any atom is 0.263 e. The molecule has 0 unspecified atom stereocenters. The van der Waals surface area contributed by atoms with Gasteiger partial charge >= 0.3 is 0 Å². The molecule has 2 aliphatic heterocycles. The van der Waals surface area contributed by atoms with Crippen LogP contribution in [0.1, 0.15) is 22.5 Å². The summed E-state index contributed by atoms with van der Waals surface area (Å²) < 4.78 is 14.0. The summed E-state index contributed by atoms with van der Waals surface area (Å²) in [6.07, 6.45) is 1.42. The number of anilines is 1. The zero-order valence-electron chi connectivity index (χ0n) is 15.7. The third-order valence-corrected chi connectivity index (χ3v) is 6.51. The van der Waals surface area contributed by atoms with Crippen molar-refractivity contribution < 1.29 is 14.0 Å². The van der Waals surface area contributed by atoms with Crippen LogP contribution >= 0.6 is 11.3 Å². The van der Waals surface area contributed by atoms with Gasteiger partial charge in [-0.1, -0.05) is 18.2 Å². The predicted molar refractivity (Wildman–Crippen MR) is 108 cm³/mol. The number of para-hydroxylation sites is 1. The smallest absolute Gasteiger partial charge is 0.263 e. The number of piperazine rings is 1. The van der Waals surface area contributed by atoms with Crippen molar-refractivity contribution >= 4 is 28.8 Å². The highest BCUT2D eigenvalue weighted by Crippen LogP contribution is 2.25. The fraction of sp³-hybridized carbons (Fsp3) is 0.429. The van der Waals surface area contributed by atoms with E-state index in [2.05, 4.69) is 0 Å². The minimum Gasteiger partial charge on any atom is -0.366 e. The first-order valence-electron chi connectivity index (χ1n) is 9.74. The minimum absolute atomic E-state index is 0.0209. The Hall–Kier alpha value is -2.41.